The van der Waals surface area contributed by atoms with Crippen molar-refractivity contribution < 1.29 is 0 Å². The average Bonchev–Trinajstić information content (AvgIpc) is 2.27. The zero-order valence-corrected chi connectivity index (χ0v) is 6.71. The van der Waals surface area contributed by atoms with Crippen molar-refractivity contribution in [2.45, 2.75) is 0 Å². The van der Waals surface area contributed by atoms with Crippen LogP contribution in [0.15, 0.2) is 18.5 Å². The fourth-order valence-corrected chi connectivity index (χ4v) is 1.19. The van der Waals surface area contributed by atoms with Gasteiger partial charge in [0.05, 0.1) is 6.20 Å². The first-order valence-corrected chi connectivity index (χ1v) is 3.58. The summed E-state index contributed by atoms with van der Waals surface area (Å²) in [6.45, 7) is 0. The molecule has 2 rings (SSSR count). The van der Waals surface area contributed by atoms with Crippen LogP contribution < -0.4 is 0 Å². The molecule has 0 aliphatic heterocycles. The number of fused-ring (bicyclic) bond motifs is 1. The molecular weight excluding hydrogens is 162 g/mol. The van der Waals surface area contributed by atoms with Gasteiger partial charge in [0.25, 0.3) is 0 Å². The molecule has 2 aromatic rings. The van der Waals surface area contributed by atoms with Crippen LogP contribution in [0.25, 0.3) is 10.9 Å². The van der Waals surface area contributed by atoms with Gasteiger partial charge in [-0.05, 0) is 6.07 Å². The fraction of sp³-hybridized carbons (Fsp3) is 0.143. The summed E-state index contributed by atoms with van der Waals surface area (Å²) in [6, 6.07) is 1.80. The molecule has 0 amide bonds. The van der Waals surface area contributed by atoms with E-state index < -0.39 is 0 Å². The molecule has 4 heteroatoms. The summed E-state index contributed by atoms with van der Waals surface area (Å²) in [4.78, 5) is 3.91. The van der Waals surface area contributed by atoms with Crippen molar-refractivity contribution >= 4 is 22.5 Å². The summed E-state index contributed by atoms with van der Waals surface area (Å²) in [5.41, 5.74) is 0.872. The summed E-state index contributed by atoms with van der Waals surface area (Å²) in [6.07, 6.45) is 3.57. The van der Waals surface area contributed by atoms with Crippen LogP contribution >= 0.6 is 11.6 Å². The third kappa shape index (κ3) is 1.07. The second-order valence-corrected chi connectivity index (χ2v) is 2.76. The van der Waals surface area contributed by atoms with E-state index in [1.807, 2.05) is 13.2 Å². The lowest BCUT2D eigenvalue weighted by atomic mass is 10.3. The van der Waals surface area contributed by atoms with Gasteiger partial charge in [0.1, 0.15) is 10.7 Å². The highest BCUT2D eigenvalue weighted by Crippen LogP contribution is 2.13. The summed E-state index contributed by atoms with van der Waals surface area (Å²) >= 11 is 5.68. The van der Waals surface area contributed by atoms with Crippen molar-refractivity contribution in [1.82, 2.24) is 14.8 Å². The van der Waals surface area contributed by atoms with Crippen LogP contribution in [0.1, 0.15) is 0 Å². The normalized spacial score (nSPS) is 10.7. The highest BCUT2D eigenvalue weighted by atomic mass is 35.5. The standard InChI is InChI=1S/C7H6ClN3/c1-11-4-5-2-7(8)9-3-6(5)10-11/h2-4H,1H3. The SMILES string of the molecule is Cn1cc2cc(Cl)ncc2n1. The number of aryl methyl sites for hydroxylation is 1. The van der Waals surface area contributed by atoms with Gasteiger partial charge in [-0.3, -0.25) is 4.68 Å². The Morgan fingerprint density at radius 2 is 2.36 bits per heavy atom. The first-order valence-electron chi connectivity index (χ1n) is 3.20. The van der Waals surface area contributed by atoms with Crippen molar-refractivity contribution in [3.05, 3.63) is 23.6 Å². The van der Waals surface area contributed by atoms with Crippen LogP contribution in [-0.2, 0) is 7.05 Å². The maximum Gasteiger partial charge on any atom is 0.129 e. The third-order valence-corrected chi connectivity index (χ3v) is 1.68. The summed E-state index contributed by atoms with van der Waals surface area (Å²) in [5.74, 6) is 0. The lowest BCUT2D eigenvalue weighted by Gasteiger charge is -1.85. The molecule has 0 saturated carbocycles. The van der Waals surface area contributed by atoms with E-state index in [-0.39, 0.29) is 0 Å². The van der Waals surface area contributed by atoms with E-state index in [0.717, 1.165) is 10.9 Å². The predicted octanol–water partition coefficient (Wildman–Crippen LogP) is 1.62. The van der Waals surface area contributed by atoms with Crippen molar-refractivity contribution in [3.8, 4) is 0 Å². The van der Waals surface area contributed by atoms with Crippen molar-refractivity contribution in [2.75, 3.05) is 0 Å². The lowest BCUT2D eigenvalue weighted by molar-refractivity contribution is 0.779. The van der Waals surface area contributed by atoms with Crippen molar-refractivity contribution in [2.24, 2.45) is 7.05 Å². The van der Waals surface area contributed by atoms with E-state index in [1.54, 1.807) is 16.9 Å². The smallest absolute Gasteiger partial charge is 0.129 e. The number of rotatable bonds is 0. The fourth-order valence-electron chi connectivity index (χ4n) is 1.02. The molecule has 2 heterocycles. The molecule has 56 valence electrons. The number of aromatic nitrogens is 3. The van der Waals surface area contributed by atoms with Crippen LogP contribution in [0.5, 0.6) is 0 Å². The Hall–Kier alpha value is -1.09. The largest absolute Gasteiger partial charge is 0.275 e. The number of halogens is 1. The summed E-state index contributed by atoms with van der Waals surface area (Å²) in [5, 5.41) is 5.68. The van der Waals surface area contributed by atoms with Gasteiger partial charge in [0.2, 0.25) is 0 Å². The molecule has 0 atom stereocenters. The molecule has 0 aliphatic carbocycles. The maximum atomic E-state index is 5.68. The topological polar surface area (TPSA) is 30.7 Å². The van der Waals surface area contributed by atoms with Crippen molar-refractivity contribution in [3.63, 3.8) is 0 Å². The molecule has 2 aromatic heterocycles. The first kappa shape index (κ1) is 6.61. The van der Waals surface area contributed by atoms with Crippen LogP contribution in [-0.4, -0.2) is 14.8 Å². The molecule has 0 radical (unpaired) electrons. The highest BCUT2D eigenvalue weighted by molar-refractivity contribution is 6.30. The number of pyridine rings is 1. The Balaban J connectivity index is 2.82. The number of nitrogens with zero attached hydrogens (tertiary/aromatic N) is 3. The first-order chi connectivity index (χ1) is 5.25. The molecule has 0 spiro atoms. The zero-order chi connectivity index (χ0) is 7.84. The molecule has 3 nitrogen and oxygen atoms in total. The van der Waals surface area contributed by atoms with Gasteiger partial charge in [-0.25, -0.2) is 4.98 Å². The van der Waals surface area contributed by atoms with E-state index in [9.17, 15) is 0 Å². The zero-order valence-electron chi connectivity index (χ0n) is 5.95. The van der Waals surface area contributed by atoms with E-state index in [4.69, 9.17) is 11.6 Å². The van der Waals surface area contributed by atoms with Crippen LogP contribution in [0.3, 0.4) is 0 Å². The number of hydrogen-bond donors (Lipinski definition) is 0. The van der Waals surface area contributed by atoms with Gasteiger partial charge in [-0.1, -0.05) is 11.6 Å². The van der Waals surface area contributed by atoms with Gasteiger partial charge in [-0.15, -0.1) is 0 Å². The Kier molecular flexibility index (Phi) is 1.32. The minimum atomic E-state index is 0.505. The number of hydrogen-bond acceptors (Lipinski definition) is 2. The molecule has 0 saturated heterocycles. The molecular formula is C7H6ClN3. The van der Waals surface area contributed by atoms with Gasteiger partial charge >= 0.3 is 0 Å². The van der Waals surface area contributed by atoms with Gasteiger partial charge in [0, 0.05) is 18.6 Å². The van der Waals surface area contributed by atoms with Crippen LogP contribution in [0.2, 0.25) is 5.15 Å². The van der Waals surface area contributed by atoms with Crippen molar-refractivity contribution in [1.29, 1.82) is 0 Å². The quantitative estimate of drug-likeness (QED) is 0.559. The monoisotopic (exact) mass is 167 g/mol. The van der Waals surface area contributed by atoms with Crippen LogP contribution in [0.4, 0.5) is 0 Å². The molecule has 0 aliphatic rings. The molecule has 0 unspecified atom stereocenters. The van der Waals surface area contributed by atoms with Crippen LogP contribution in [0, 0.1) is 0 Å². The molecule has 0 aromatic carbocycles. The Labute approximate surface area is 68.6 Å². The maximum absolute atomic E-state index is 5.68. The summed E-state index contributed by atoms with van der Waals surface area (Å²) < 4.78 is 1.74. The molecule has 0 fully saturated rings. The Morgan fingerprint density at radius 3 is 3.18 bits per heavy atom. The molecule has 11 heavy (non-hydrogen) atoms. The van der Waals surface area contributed by atoms with Gasteiger partial charge in [0.15, 0.2) is 0 Å². The Bertz CT molecular complexity index is 393. The highest BCUT2D eigenvalue weighted by Gasteiger charge is 1.98. The van der Waals surface area contributed by atoms with Gasteiger partial charge < -0.3 is 0 Å². The third-order valence-electron chi connectivity index (χ3n) is 1.47. The Morgan fingerprint density at radius 1 is 1.55 bits per heavy atom. The predicted molar refractivity (Wildman–Crippen MR) is 43.5 cm³/mol. The molecule has 0 bridgehead atoms. The van der Waals surface area contributed by atoms with Gasteiger partial charge in [-0.2, -0.15) is 5.10 Å². The lowest BCUT2D eigenvalue weighted by Crippen LogP contribution is -1.84. The van der Waals surface area contributed by atoms with E-state index in [1.165, 1.54) is 0 Å². The summed E-state index contributed by atoms with van der Waals surface area (Å²) in [7, 11) is 1.87. The minimum Gasteiger partial charge on any atom is -0.275 e. The van der Waals surface area contributed by atoms with E-state index >= 15 is 0 Å². The molecule has 0 N–H and O–H groups in total. The average molecular weight is 168 g/mol. The second-order valence-electron chi connectivity index (χ2n) is 2.37. The minimum absolute atomic E-state index is 0.505. The second kappa shape index (κ2) is 2.20. The van der Waals surface area contributed by atoms with E-state index in [2.05, 4.69) is 10.1 Å². The van der Waals surface area contributed by atoms with E-state index in [0.29, 0.717) is 5.15 Å².